The predicted molar refractivity (Wildman–Crippen MR) is 53.1 cm³/mol. The minimum atomic E-state index is -1.20. The number of hydrogen-bond acceptors (Lipinski definition) is 3. The molecule has 4 nitrogen and oxygen atoms in total. The summed E-state index contributed by atoms with van der Waals surface area (Å²) >= 11 is 0. The number of nitrogens with two attached hydrogens (primary N) is 1. The number of fused-ring (bicyclic) bond motifs is 1. The molecule has 1 aromatic carbocycles. The minimum absolute atomic E-state index is 0.0186. The van der Waals surface area contributed by atoms with E-state index in [4.69, 9.17) is 10.8 Å². The van der Waals surface area contributed by atoms with Crippen LogP contribution in [0.15, 0.2) is 24.3 Å². The predicted octanol–water partition coefficient (Wildman–Crippen LogP) is 1.65. The molecule has 0 saturated heterocycles. The number of nitrogens with zero attached hydrogens (tertiary/aromatic N) is 1. The van der Waals surface area contributed by atoms with Crippen molar-refractivity contribution in [3.63, 3.8) is 0 Å². The number of halogens is 1. The Morgan fingerprint density at radius 1 is 1.33 bits per heavy atom. The molecule has 0 spiro atoms. The molecule has 0 bridgehead atoms. The SMILES string of the molecule is Nc1ccc2ccc(C(=O)O)nc2c1F. The van der Waals surface area contributed by atoms with Gasteiger partial charge < -0.3 is 10.8 Å². The summed E-state index contributed by atoms with van der Waals surface area (Å²) < 4.78 is 13.5. The Bertz CT molecular complexity index is 554. The average molecular weight is 206 g/mol. The molecule has 1 aromatic heterocycles. The lowest BCUT2D eigenvalue weighted by atomic mass is 10.1. The van der Waals surface area contributed by atoms with Gasteiger partial charge in [-0.05, 0) is 12.1 Å². The van der Waals surface area contributed by atoms with E-state index in [1.54, 1.807) is 6.07 Å². The van der Waals surface area contributed by atoms with E-state index in [0.29, 0.717) is 5.39 Å². The van der Waals surface area contributed by atoms with Gasteiger partial charge in [0.15, 0.2) is 5.82 Å². The molecule has 5 heteroatoms. The van der Waals surface area contributed by atoms with Crippen LogP contribution < -0.4 is 5.73 Å². The number of carboxylic acid groups (broad SMARTS) is 1. The summed E-state index contributed by atoms with van der Waals surface area (Å²) in [5, 5.41) is 9.21. The van der Waals surface area contributed by atoms with Gasteiger partial charge in [-0.3, -0.25) is 0 Å². The Kier molecular flexibility index (Phi) is 2.00. The molecule has 0 aliphatic rings. The fourth-order valence-electron chi connectivity index (χ4n) is 1.29. The van der Waals surface area contributed by atoms with Crippen molar-refractivity contribution in [2.24, 2.45) is 0 Å². The van der Waals surface area contributed by atoms with Crippen LogP contribution in [-0.4, -0.2) is 16.1 Å². The van der Waals surface area contributed by atoms with Gasteiger partial charge in [0.2, 0.25) is 0 Å². The standard InChI is InChI=1S/C10H7FN2O2/c11-8-6(12)3-1-5-2-4-7(10(14)15)13-9(5)8/h1-4H,12H2,(H,14,15). The van der Waals surface area contributed by atoms with E-state index in [9.17, 15) is 9.18 Å². The summed E-state index contributed by atoms with van der Waals surface area (Å²) in [6.45, 7) is 0. The first-order valence-electron chi connectivity index (χ1n) is 4.17. The zero-order chi connectivity index (χ0) is 11.0. The van der Waals surface area contributed by atoms with Crippen molar-refractivity contribution in [3.8, 4) is 0 Å². The summed E-state index contributed by atoms with van der Waals surface area (Å²) in [5.74, 6) is -1.88. The first-order valence-corrected chi connectivity index (χ1v) is 4.17. The third kappa shape index (κ3) is 1.48. The van der Waals surface area contributed by atoms with E-state index >= 15 is 0 Å². The lowest BCUT2D eigenvalue weighted by Gasteiger charge is -2.02. The van der Waals surface area contributed by atoms with Crippen LogP contribution in [0.1, 0.15) is 10.5 Å². The zero-order valence-corrected chi connectivity index (χ0v) is 7.57. The Labute approximate surface area is 84.2 Å². The highest BCUT2D eigenvalue weighted by atomic mass is 19.1. The number of benzene rings is 1. The second-order valence-corrected chi connectivity index (χ2v) is 3.04. The Morgan fingerprint density at radius 3 is 2.67 bits per heavy atom. The van der Waals surface area contributed by atoms with Gasteiger partial charge in [-0.25, -0.2) is 14.2 Å². The number of nitrogen functional groups attached to an aromatic ring is 1. The lowest BCUT2D eigenvalue weighted by Crippen LogP contribution is -2.01. The quantitative estimate of drug-likeness (QED) is 0.695. The maximum Gasteiger partial charge on any atom is 0.354 e. The first kappa shape index (κ1) is 9.39. The van der Waals surface area contributed by atoms with E-state index in [2.05, 4.69) is 4.98 Å². The van der Waals surface area contributed by atoms with Crippen molar-refractivity contribution in [2.75, 3.05) is 5.73 Å². The molecule has 0 unspecified atom stereocenters. The van der Waals surface area contributed by atoms with Crippen LogP contribution in [0.2, 0.25) is 0 Å². The van der Waals surface area contributed by atoms with Gasteiger partial charge in [-0.1, -0.05) is 12.1 Å². The Hall–Kier alpha value is -2.17. The normalized spacial score (nSPS) is 10.5. The van der Waals surface area contributed by atoms with Gasteiger partial charge in [0.1, 0.15) is 11.2 Å². The molecule has 0 atom stereocenters. The minimum Gasteiger partial charge on any atom is -0.477 e. The van der Waals surface area contributed by atoms with Crippen molar-refractivity contribution in [3.05, 3.63) is 35.8 Å². The second kappa shape index (κ2) is 3.20. The third-order valence-electron chi connectivity index (χ3n) is 2.05. The molecule has 0 amide bonds. The largest absolute Gasteiger partial charge is 0.477 e. The number of aromatic nitrogens is 1. The van der Waals surface area contributed by atoms with Crippen LogP contribution in [0.5, 0.6) is 0 Å². The monoisotopic (exact) mass is 206 g/mol. The second-order valence-electron chi connectivity index (χ2n) is 3.04. The third-order valence-corrected chi connectivity index (χ3v) is 2.05. The zero-order valence-electron chi connectivity index (χ0n) is 7.57. The molecular weight excluding hydrogens is 199 g/mol. The highest BCUT2D eigenvalue weighted by Gasteiger charge is 2.10. The van der Waals surface area contributed by atoms with Crippen molar-refractivity contribution in [1.29, 1.82) is 0 Å². The van der Waals surface area contributed by atoms with Crippen LogP contribution in [0.4, 0.5) is 10.1 Å². The topological polar surface area (TPSA) is 76.2 Å². The molecule has 2 rings (SSSR count). The van der Waals surface area contributed by atoms with Crippen LogP contribution in [0.25, 0.3) is 10.9 Å². The maximum absolute atomic E-state index is 13.5. The van der Waals surface area contributed by atoms with Crippen molar-refractivity contribution < 1.29 is 14.3 Å². The Morgan fingerprint density at radius 2 is 2.00 bits per heavy atom. The fourth-order valence-corrected chi connectivity index (χ4v) is 1.29. The summed E-state index contributed by atoms with van der Waals surface area (Å²) in [7, 11) is 0. The Balaban J connectivity index is 2.79. The number of anilines is 1. The molecule has 76 valence electrons. The number of hydrogen-bond donors (Lipinski definition) is 2. The van der Waals surface area contributed by atoms with Crippen molar-refractivity contribution in [2.45, 2.75) is 0 Å². The molecule has 15 heavy (non-hydrogen) atoms. The average Bonchev–Trinajstić information content (AvgIpc) is 2.23. The molecule has 3 N–H and O–H groups in total. The summed E-state index contributed by atoms with van der Waals surface area (Å²) in [4.78, 5) is 14.3. The van der Waals surface area contributed by atoms with Crippen molar-refractivity contribution in [1.82, 2.24) is 4.98 Å². The van der Waals surface area contributed by atoms with Gasteiger partial charge in [-0.15, -0.1) is 0 Å². The molecule has 0 aliphatic carbocycles. The number of aromatic carboxylic acids is 1. The first-order chi connectivity index (χ1) is 7.09. The van der Waals surface area contributed by atoms with Crippen LogP contribution in [-0.2, 0) is 0 Å². The molecule has 2 aromatic rings. The summed E-state index contributed by atoms with van der Waals surface area (Å²) in [6, 6.07) is 5.82. The molecule has 1 heterocycles. The fraction of sp³-hybridized carbons (Fsp3) is 0. The summed E-state index contributed by atoms with van der Waals surface area (Å²) in [5.41, 5.74) is 5.09. The summed E-state index contributed by atoms with van der Waals surface area (Å²) in [6.07, 6.45) is 0. The number of carbonyl (C=O) groups is 1. The molecule has 0 radical (unpaired) electrons. The molecular formula is C10H7FN2O2. The van der Waals surface area contributed by atoms with E-state index in [0.717, 1.165) is 0 Å². The van der Waals surface area contributed by atoms with Gasteiger partial charge in [0.05, 0.1) is 5.69 Å². The maximum atomic E-state index is 13.5. The van der Waals surface area contributed by atoms with Crippen LogP contribution in [0, 0.1) is 5.82 Å². The van der Waals surface area contributed by atoms with Gasteiger partial charge in [-0.2, -0.15) is 0 Å². The van der Waals surface area contributed by atoms with Gasteiger partial charge in [0.25, 0.3) is 0 Å². The van der Waals surface area contributed by atoms with E-state index in [-0.39, 0.29) is 16.9 Å². The molecule has 0 saturated carbocycles. The molecule has 0 fully saturated rings. The highest BCUT2D eigenvalue weighted by molar-refractivity contribution is 5.90. The van der Waals surface area contributed by atoms with E-state index < -0.39 is 11.8 Å². The highest BCUT2D eigenvalue weighted by Crippen LogP contribution is 2.21. The molecule has 0 aliphatic heterocycles. The van der Waals surface area contributed by atoms with Crippen LogP contribution >= 0.6 is 0 Å². The smallest absolute Gasteiger partial charge is 0.354 e. The van der Waals surface area contributed by atoms with Crippen LogP contribution in [0.3, 0.4) is 0 Å². The van der Waals surface area contributed by atoms with E-state index in [1.165, 1.54) is 18.2 Å². The number of pyridine rings is 1. The lowest BCUT2D eigenvalue weighted by molar-refractivity contribution is 0.0691. The number of rotatable bonds is 1. The number of carboxylic acids is 1. The van der Waals surface area contributed by atoms with E-state index in [1.807, 2.05) is 0 Å². The van der Waals surface area contributed by atoms with Gasteiger partial charge in [0, 0.05) is 5.39 Å². The van der Waals surface area contributed by atoms with Crippen molar-refractivity contribution >= 4 is 22.6 Å². The van der Waals surface area contributed by atoms with Gasteiger partial charge >= 0.3 is 5.97 Å².